The maximum atomic E-state index is 12.6. The summed E-state index contributed by atoms with van der Waals surface area (Å²) in [6.45, 7) is -0.0965. The lowest BCUT2D eigenvalue weighted by Crippen LogP contribution is -2.34. The van der Waals surface area contributed by atoms with Gasteiger partial charge in [0.2, 0.25) is 0 Å². The van der Waals surface area contributed by atoms with Gasteiger partial charge in [-0.25, -0.2) is 9.78 Å². The van der Waals surface area contributed by atoms with Crippen LogP contribution in [0.3, 0.4) is 0 Å². The molecule has 6 rings (SSSR count). The molecule has 1 atom stereocenters. The number of aliphatic hydroxyl groups is 1. The van der Waals surface area contributed by atoms with Crippen LogP contribution >= 0.6 is 0 Å². The van der Waals surface area contributed by atoms with Gasteiger partial charge >= 0.3 is 5.97 Å². The molecule has 0 fully saturated rings. The molecule has 0 amide bonds. The number of carbonyl (C=O) groups is 1. The topological polar surface area (TPSA) is 84.4 Å². The van der Waals surface area contributed by atoms with Gasteiger partial charge in [-0.3, -0.25) is 0 Å². The van der Waals surface area contributed by atoms with Crippen LogP contribution in [0.15, 0.2) is 121 Å². The highest BCUT2D eigenvalue weighted by atomic mass is 16.5. The molecular formula is C34H28N2O4. The molecule has 2 N–H and O–H groups in total. The Balaban J connectivity index is 1.48. The summed E-state index contributed by atoms with van der Waals surface area (Å²) in [6.07, 6.45) is -1.16. The lowest BCUT2D eigenvalue weighted by molar-refractivity contribution is -0.0398. The van der Waals surface area contributed by atoms with Crippen molar-refractivity contribution in [1.82, 2.24) is 9.97 Å². The van der Waals surface area contributed by atoms with E-state index < -0.39 is 17.7 Å². The number of para-hydroxylation sites is 1. The molecule has 0 aliphatic heterocycles. The van der Waals surface area contributed by atoms with Crippen molar-refractivity contribution < 1.29 is 19.4 Å². The third-order valence-electron chi connectivity index (χ3n) is 7.23. The normalized spacial score (nSPS) is 12.4. The molecule has 6 heteroatoms. The number of aromatic nitrogens is 2. The number of fused-ring (bicyclic) bond motifs is 3. The lowest BCUT2D eigenvalue weighted by atomic mass is 9.80. The molecule has 6 aromatic rings. The van der Waals surface area contributed by atoms with Crippen molar-refractivity contribution >= 4 is 27.8 Å². The minimum Gasteiger partial charge on any atom is -0.464 e. The average molecular weight is 529 g/mol. The summed E-state index contributed by atoms with van der Waals surface area (Å²) in [5.74, 6) is -0.575. The summed E-state index contributed by atoms with van der Waals surface area (Å²) in [5.41, 5.74) is 3.72. The fourth-order valence-electron chi connectivity index (χ4n) is 5.37. The van der Waals surface area contributed by atoms with E-state index >= 15 is 0 Å². The van der Waals surface area contributed by atoms with Crippen LogP contribution in [0.25, 0.3) is 21.8 Å². The standard InChI is InChI=1S/C34H28N2O4/c1-39-33(38)29-21-27-26-19-11-12-20-28(26)35-31(27)32(36-29)30(37)22-40-34(23-13-5-2-6-14-23,24-15-7-3-8-16-24)25-17-9-4-10-18-25/h2-21,30,35,37H,22H2,1H3/t30-/m1/s1. The van der Waals surface area contributed by atoms with Gasteiger partial charge in [-0.2, -0.15) is 0 Å². The predicted molar refractivity (Wildman–Crippen MR) is 155 cm³/mol. The summed E-state index contributed by atoms with van der Waals surface area (Å²) in [4.78, 5) is 20.5. The second kappa shape index (κ2) is 10.8. The van der Waals surface area contributed by atoms with E-state index in [-0.39, 0.29) is 12.3 Å². The van der Waals surface area contributed by atoms with Gasteiger partial charge in [0, 0.05) is 16.3 Å². The molecule has 0 spiro atoms. The van der Waals surface area contributed by atoms with Crippen LogP contribution in [0.1, 0.15) is 39.0 Å². The number of hydrogen-bond acceptors (Lipinski definition) is 5. The maximum Gasteiger partial charge on any atom is 0.356 e. The second-order valence-corrected chi connectivity index (χ2v) is 9.58. The van der Waals surface area contributed by atoms with E-state index in [1.165, 1.54) is 7.11 Å². The highest BCUT2D eigenvalue weighted by Gasteiger charge is 2.38. The Morgan fingerprint density at radius 2 is 1.32 bits per heavy atom. The molecule has 0 bridgehead atoms. The molecule has 2 aromatic heterocycles. The average Bonchev–Trinajstić information content (AvgIpc) is 3.40. The van der Waals surface area contributed by atoms with E-state index in [4.69, 9.17) is 9.47 Å². The molecule has 2 heterocycles. The van der Waals surface area contributed by atoms with Crippen LogP contribution in [0.4, 0.5) is 0 Å². The van der Waals surface area contributed by atoms with E-state index in [0.717, 1.165) is 33.0 Å². The Morgan fingerprint density at radius 3 is 1.88 bits per heavy atom. The lowest BCUT2D eigenvalue weighted by Gasteiger charge is -2.36. The Bertz CT molecular complexity index is 1670. The summed E-state index contributed by atoms with van der Waals surface area (Å²) in [7, 11) is 1.32. The van der Waals surface area contributed by atoms with Gasteiger partial charge in [-0.05, 0) is 28.8 Å². The molecule has 4 aromatic carbocycles. The van der Waals surface area contributed by atoms with Crippen LogP contribution < -0.4 is 0 Å². The number of benzene rings is 4. The zero-order valence-electron chi connectivity index (χ0n) is 22.0. The van der Waals surface area contributed by atoms with E-state index in [1.807, 2.05) is 115 Å². The number of aromatic amines is 1. The van der Waals surface area contributed by atoms with E-state index in [9.17, 15) is 9.90 Å². The fraction of sp³-hybridized carbons (Fsp3) is 0.118. The minimum absolute atomic E-state index is 0.0965. The van der Waals surface area contributed by atoms with Crippen LogP contribution in [0, 0.1) is 0 Å². The molecule has 0 saturated carbocycles. The van der Waals surface area contributed by atoms with Gasteiger partial charge in [0.15, 0.2) is 0 Å². The Kier molecular flexibility index (Phi) is 6.86. The van der Waals surface area contributed by atoms with Crippen molar-refractivity contribution in [3.05, 3.63) is 149 Å². The number of rotatable bonds is 8. The number of esters is 1. The highest BCUT2D eigenvalue weighted by Crippen LogP contribution is 2.41. The molecule has 198 valence electrons. The predicted octanol–water partition coefficient (Wildman–Crippen LogP) is 6.54. The monoisotopic (exact) mass is 528 g/mol. The van der Waals surface area contributed by atoms with Crippen molar-refractivity contribution in [2.75, 3.05) is 13.7 Å². The third kappa shape index (κ3) is 4.43. The van der Waals surface area contributed by atoms with Crippen molar-refractivity contribution in [2.45, 2.75) is 11.7 Å². The summed E-state index contributed by atoms with van der Waals surface area (Å²) < 4.78 is 11.8. The molecule has 0 aliphatic rings. The number of nitrogens with zero attached hydrogens (tertiary/aromatic N) is 1. The smallest absolute Gasteiger partial charge is 0.356 e. The first-order valence-electron chi connectivity index (χ1n) is 13.1. The number of nitrogens with one attached hydrogen (secondary N) is 1. The van der Waals surface area contributed by atoms with Crippen LogP contribution in [-0.4, -0.2) is 34.8 Å². The van der Waals surface area contributed by atoms with Gasteiger partial charge in [-0.1, -0.05) is 109 Å². The fourth-order valence-corrected chi connectivity index (χ4v) is 5.37. The van der Waals surface area contributed by atoms with Crippen LogP contribution in [0.5, 0.6) is 0 Å². The SMILES string of the molecule is COC(=O)c1cc2c([nH]c3ccccc32)c([C@H](O)COC(c2ccccc2)(c2ccccc2)c2ccccc2)n1. The van der Waals surface area contributed by atoms with Gasteiger partial charge in [-0.15, -0.1) is 0 Å². The number of aliphatic hydroxyl groups excluding tert-OH is 1. The third-order valence-corrected chi connectivity index (χ3v) is 7.23. The molecule has 0 radical (unpaired) electrons. The first-order valence-corrected chi connectivity index (χ1v) is 13.1. The molecular weight excluding hydrogens is 500 g/mol. The molecule has 6 nitrogen and oxygen atoms in total. The summed E-state index contributed by atoms with van der Waals surface area (Å²) in [5, 5.41) is 13.4. The molecule has 40 heavy (non-hydrogen) atoms. The Morgan fingerprint density at radius 1 is 0.800 bits per heavy atom. The zero-order valence-corrected chi connectivity index (χ0v) is 22.0. The number of carbonyl (C=O) groups excluding carboxylic acids is 1. The summed E-state index contributed by atoms with van der Waals surface area (Å²) in [6, 6.07) is 39.4. The van der Waals surface area contributed by atoms with E-state index in [0.29, 0.717) is 11.2 Å². The number of H-pyrrole nitrogens is 1. The first-order chi connectivity index (χ1) is 19.6. The van der Waals surface area contributed by atoms with Crippen LogP contribution in [0.2, 0.25) is 0 Å². The van der Waals surface area contributed by atoms with Crippen molar-refractivity contribution in [3.63, 3.8) is 0 Å². The quantitative estimate of drug-likeness (QED) is 0.173. The number of pyridine rings is 1. The molecule has 0 unspecified atom stereocenters. The number of methoxy groups -OCH3 is 1. The largest absolute Gasteiger partial charge is 0.464 e. The second-order valence-electron chi connectivity index (χ2n) is 9.58. The summed E-state index contributed by atoms with van der Waals surface area (Å²) >= 11 is 0. The van der Waals surface area contributed by atoms with Gasteiger partial charge < -0.3 is 19.6 Å². The van der Waals surface area contributed by atoms with Gasteiger partial charge in [0.1, 0.15) is 17.4 Å². The molecule has 0 saturated heterocycles. The molecule has 0 aliphatic carbocycles. The van der Waals surface area contributed by atoms with Crippen molar-refractivity contribution in [2.24, 2.45) is 0 Å². The highest BCUT2D eigenvalue weighted by molar-refractivity contribution is 6.09. The minimum atomic E-state index is -1.16. The Labute approximate surface area is 231 Å². The van der Waals surface area contributed by atoms with Crippen molar-refractivity contribution in [3.8, 4) is 0 Å². The number of hydrogen-bond donors (Lipinski definition) is 2. The zero-order chi connectivity index (χ0) is 27.5. The van der Waals surface area contributed by atoms with Crippen LogP contribution in [-0.2, 0) is 15.1 Å². The van der Waals surface area contributed by atoms with Gasteiger partial charge in [0.25, 0.3) is 0 Å². The van der Waals surface area contributed by atoms with E-state index in [1.54, 1.807) is 6.07 Å². The number of ether oxygens (including phenoxy) is 2. The first kappa shape index (κ1) is 25.5. The maximum absolute atomic E-state index is 12.6. The van der Waals surface area contributed by atoms with Gasteiger partial charge in [0.05, 0.1) is 24.9 Å². The van der Waals surface area contributed by atoms with E-state index in [2.05, 4.69) is 9.97 Å². The Hall–Kier alpha value is -4.78. The van der Waals surface area contributed by atoms with Crippen molar-refractivity contribution in [1.29, 1.82) is 0 Å².